The number of hydrogen-bond donors (Lipinski definition) is 2. The maximum atomic E-state index is 12.8. The van der Waals surface area contributed by atoms with Crippen LogP contribution in [0.2, 0.25) is 0 Å². The number of allylic oxidation sites excluding steroid dienone is 2. The molecule has 0 heterocycles. The fourth-order valence-electron chi connectivity index (χ4n) is 2.55. The van der Waals surface area contributed by atoms with Gasteiger partial charge in [-0.15, -0.1) is 0 Å². The number of halogens is 6. The molecule has 166 valence electrons. The maximum Gasteiger partial charge on any atom is 0.516 e. The number of alkyl halides is 6. The van der Waals surface area contributed by atoms with Crippen molar-refractivity contribution in [1.29, 1.82) is 0 Å². The molecule has 0 saturated carbocycles. The Balaban J connectivity index is 2.63. The number of sulfonamides is 2. The van der Waals surface area contributed by atoms with E-state index in [1.165, 1.54) is 21.6 Å². The predicted molar refractivity (Wildman–Crippen MR) is 93.7 cm³/mol. The second-order valence-corrected chi connectivity index (χ2v) is 9.30. The van der Waals surface area contributed by atoms with Gasteiger partial charge >= 0.3 is 31.1 Å². The summed E-state index contributed by atoms with van der Waals surface area (Å²) in [4.78, 5) is 11.7. The number of hydrogen-bond acceptors (Lipinski definition) is 5. The molecule has 7 nitrogen and oxygen atoms in total. The van der Waals surface area contributed by atoms with Gasteiger partial charge in [-0.1, -0.05) is 36.4 Å². The normalized spacial score (nSPS) is 20.5. The van der Waals surface area contributed by atoms with Crippen molar-refractivity contribution in [1.82, 2.24) is 4.72 Å². The van der Waals surface area contributed by atoms with E-state index in [1.807, 2.05) is 0 Å². The lowest BCUT2D eigenvalue weighted by atomic mass is 9.81. The SMILES string of the molecule is O=CC1(NS(=O)(=O)C(F)(F)F)CC=CC=C1c1ccccc1NS(=O)(=O)C(F)(F)F. The molecule has 0 amide bonds. The third kappa shape index (κ3) is 4.52. The van der Waals surface area contributed by atoms with E-state index in [-0.39, 0.29) is 6.29 Å². The molecular weight excluding hydrogens is 466 g/mol. The van der Waals surface area contributed by atoms with Gasteiger partial charge in [0.2, 0.25) is 0 Å². The molecular formula is C15H12F6N2O5S2. The van der Waals surface area contributed by atoms with Gasteiger partial charge in [0.05, 0.1) is 5.69 Å². The van der Waals surface area contributed by atoms with Gasteiger partial charge in [-0.2, -0.15) is 39.5 Å². The van der Waals surface area contributed by atoms with Gasteiger partial charge in [0, 0.05) is 5.56 Å². The van der Waals surface area contributed by atoms with Gasteiger partial charge in [-0.05, 0) is 18.1 Å². The number of anilines is 1. The van der Waals surface area contributed by atoms with Gasteiger partial charge in [0.25, 0.3) is 0 Å². The van der Waals surface area contributed by atoms with Crippen LogP contribution in [0.5, 0.6) is 0 Å². The number of carbonyl (C=O) groups is 1. The monoisotopic (exact) mass is 478 g/mol. The van der Waals surface area contributed by atoms with E-state index in [0.29, 0.717) is 0 Å². The summed E-state index contributed by atoms with van der Waals surface area (Å²) in [5, 5.41) is 0. The summed E-state index contributed by atoms with van der Waals surface area (Å²) < 4.78 is 125. The fraction of sp³-hybridized carbons (Fsp3) is 0.267. The minimum absolute atomic E-state index is 0.152. The Morgan fingerprint density at radius 3 is 2.03 bits per heavy atom. The minimum Gasteiger partial charge on any atom is -0.301 e. The average Bonchev–Trinajstić information content (AvgIpc) is 2.60. The van der Waals surface area contributed by atoms with Gasteiger partial charge in [-0.3, -0.25) is 4.72 Å². The van der Waals surface area contributed by atoms with E-state index in [1.54, 1.807) is 0 Å². The summed E-state index contributed by atoms with van der Waals surface area (Å²) in [5.74, 6) is 0. The standard InChI is InChI=1S/C15H12F6N2O5S2/c16-14(17,18)29(25,26)22-12-7-2-1-5-10(12)11-6-3-4-8-13(11,9-24)23-30(27,28)15(19,20)21/h1-7,9,22-23H,8H2. The van der Waals surface area contributed by atoms with Crippen LogP contribution in [0.1, 0.15) is 12.0 Å². The summed E-state index contributed by atoms with van der Waals surface area (Å²) in [6.07, 6.45) is 2.59. The van der Waals surface area contributed by atoms with Gasteiger partial charge in [0.1, 0.15) is 11.8 Å². The Labute approximate surface area is 166 Å². The highest BCUT2D eigenvalue weighted by Crippen LogP contribution is 2.39. The van der Waals surface area contributed by atoms with Crippen LogP contribution >= 0.6 is 0 Å². The number of rotatable bonds is 6. The van der Waals surface area contributed by atoms with E-state index in [2.05, 4.69) is 0 Å². The Morgan fingerprint density at radius 1 is 0.933 bits per heavy atom. The first-order valence-electron chi connectivity index (χ1n) is 7.69. The van der Waals surface area contributed by atoms with Crippen LogP contribution in [-0.2, 0) is 24.8 Å². The van der Waals surface area contributed by atoms with Crippen molar-refractivity contribution in [2.24, 2.45) is 0 Å². The Bertz CT molecular complexity index is 1110. The molecule has 0 bridgehead atoms. The molecule has 1 aromatic carbocycles. The molecule has 15 heteroatoms. The van der Waals surface area contributed by atoms with Gasteiger partial charge in [-0.25, -0.2) is 8.42 Å². The lowest BCUT2D eigenvalue weighted by molar-refractivity contribution is -0.111. The highest BCUT2D eigenvalue weighted by molar-refractivity contribution is 7.93. The van der Waals surface area contributed by atoms with Crippen molar-refractivity contribution in [2.75, 3.05) is 4.72 Å². The second kappa shape index (κ2) is 7.70. The molecule has 0 fully saturated rings. The molecule has 2 N–H and O–H groups in total. The van der Waals surface area contributed by atoms with Crippen LogP contribution in [0.15, 0.2) is 42.5 Å². The molecule has 0 saturated heterocycles. The van der Waals surface area contributed by atoms with E-state index in [0.717, 1.165) is 30.4 Å². The summed E-state index contributed by atoms with van der Waals surface area (Å²) in [6.45, 7) is 0. The van der Waals surface area contributed by atoms with Crippen molar-refractivity contribution in [3.63, 3.8) is 0 Å². The van der Waals surface area contributed by atoms with Crippen molar-refractivity contribution < 1.29 is 48.0 Å². The molecule has 30 heavy (non-hydrogen) atoms. The smallest absolute Gasteiger partial charge is 0.301 e. The largest absolute Gasteiger partial charge is 0.516 e. The van der Waals surface area contributed by atoms with Gasteiger partial charge < -0.3 is 4.79 Å². The van der Waals surface area contributed by atoms with E-state index >= 15 is 0 Å². The van der Waals surface area contributed by atoms with Crippen molar-refractivity contribution >= 4 is 37.6 Å². The first-order valence-corrected chi connectivity index (χ1v) is 10.7. The van der Waals surface area contributed by atoms with Crippen LogP contribution in [0, 0.1) is 0 Å². The van der Waals surface area contributed by atoms with Crippen molar-refractivity contribution in [2.45, 2.75) is 23.0 Å². The number of aldehydes is 1. The zero-order valence-electron chi connectivity index (χ0n) is 14.5. The number of para-hydroxylation sites is 1. The van der Waals surface area contributed by atoms with Crippen LogP contribution < -0.4 is 9.44 Å². The first-order chi connectivity index (χ1) is 13.6. The first kappa shape index (κ1) is 23.9. The fourth-order valence-corrected chi connectivity index (χ4v) is 3.97. The summed E-state index contributed by atoms with van der Waals surface area (Å²) in [5.41, 5.74) is -15.7. The minimum atomic E-state index is -6.05. The van der Waals surface area contributed by atoms with Crippen LogP contribution in [0.25, 0.3) is 5.57 Å². The third-order valence-corrected chi connectivity index (χ3v) is 6.25. The molecule has 0 radical (unpaired) electrons. The Morgan fingerprint density at radius 2 is 1.50 bits per heavy atom. The van der Waals surface area contributed by atoms with Crippen molar-refractivity contribution in [3.05, 3.63) is 48.1 Å². The number of carbonyl (C=O) groups excluding carboxylic acids is 1. The van der Waals surface area contributed by atoms with Crippen LogP contribution in [-0.4, -0.2) is 39.7 Å². The molecule has 2 rings (SSSR count). The number of nitrogens with one attached hydrogen (secondary N) is 2. The second-order valence-electron chi connectivity index (χ2n) is 5.95. The molecule has 0 aromatic heterocycles. The Kier molecular flexibility index (Phi) is 6.13. The highest BCUT2D eigenvalue weighted by Gasteiger charge is 2.52. The maximum absolute atomic E-state index is 12.8. The zero-order chi connectivity index (χ0) is 23.0. The summed E-state index contributed by atoms with van der Waals surface area (Å²) in [6, 6.07) is 4.21. The summed E-state index contributed by atoms with van der Waals surface area (Å²) in [7, 11) is -12.0. The Hall–Kier alpha value is -2.39. The quantitative estimate of drug-likeness (QED) is 0.483. The average molecular weight is 478 g/mol. The zero-order valence-corrected chi connectivity index (χ0v) is 16.1. The lowest BCUT2D eigenvalue weighted by Gasteiger charge is -2.33. The molecule has 1 aliphatic carbocycles. The van der Waals surface area contributed by atoms with Crippen molar-refractivity contribution in [3.8, 4) is 0 Å². The van der Waals surface area contributed by atoms with E-state index < -0.39 is 59.8 Å². The van der Waals surface area contributed by atoms with Gasteiger partial charge in [0.15, 0.2) is 0 Å². The predicted octanol–water partition coefficient (Wildman–Crippen LogP) is 2.67. The van der Waals surface area contributed by atoms with E-state index in [4.69, 9.17) is 0 Å². The molecule has 0 aliphatic heterocycles. The lowest BCUT2D eigenvalue weighted by Crippen LogP contribution is -2.54. The van der Waals surface area contributed by atoms with E-state index in [9.17, 15) is 48.0 Å². The van der Waals surface area contributed by atoms with Crippen LogP contribution in [0.4, 0.5) is 32.0 Å². The molecule has 1 aliphatic rings. The van der Waals surface area contributed by atoms with Crippen LogP contribution in [0.3, 0.4) is 0 Å². The molecule has 0 spiro atoms. The molecule has 1 atom stereocenters. The third-order valence-electron chi connectivity index (χ3n) is 3.91. The molecule has 1 unspecified atom stereocenters. The molecule has 1 aromatic rings. The topological polar surface area (TPSA) is 109 Å². The number of benzene rings is 1. The highest BCUT2D eigenvalue weighted by atomic mass is 32.2. The summed E-state index contributed by atoms with van der Waals surface area (Å²) >= 11 is 0.